The normalized spacial score (nSPS) is 19.5. The van der Waals surface area contributed by atoms with Crippen LogP contribution in [-0.4, -0.2) is 34.5 Å². The predicted octanol–water partition coefficient (Wildman–Crippen LogP) is -0.456. The molecule has 19 heavy (non-hydrogen) atoms. The van der Waals surface area contributed by atoms with Crippen molar-refractivity contribution in [3.8, 4) is 0 Å². The average Bonchev–Trinajstić information content (AvgIpc) is 2.84. The van der Waals surface area contributed by atoms with Gasteiger partial charge in [-0.2, -0.15) is 0 Å². The van der Waals surface area contributed by atoms with Crippen molar-refractivity contribution in [2.45, 2.75) is 25.4 Å². The molecule has 0 bridgehead atoms. The Morgan fingerprint density at radius 2 is 2.53 bits per heavy atom. The van der Waals surface area contributed by atoms with Crippen LogP contribution in [0.4, 0.5) is 0 Å². The Hall–Kier alpha value is -2.15. The number of nitrogens with zero attached hydrogens (tertiary/aromatic N) is 2. The van der Waals surface area contributed by atoms with Crippen molar-refractivity contribution in [1.82, 2.24) is 15.6 Å². The zero-order valence-electron chi connectivity index (χ0n) is 10.5. The molecule has 1 unspecified atom stereocenters. The molecule has 2 heterocycles. The van der Waals surface area contributed by atoms with Crippen molar-refractivity contribution < 1.29 is 10.0 Å². The number of nitrogens with one attached hydrogen (secondary N) is 2. The van der Waals surface area contributed by atoms with Gasteiger partial charge >= 0.3 is 0 Å². The van der Waals surface area contributed by atoms with E-state index in [-0.39, 0.29) is 17.8 Å². The summed E-state index contributed by atoms with van der Waals surface area (Å²) in [5, 5.41) is 17.8. The maximum atomic E-state index is 11.1. The van der Waals surface area contributed by atoms with E-state index in [1.807, 2.05) is 6.07 Å². The highest BCUT2D eigenvalue weighted by atomic mass is 16.4. The van der Waals surface area contributed by atoms with Gasteiger partial charge in [0.2, 0.25) is 5.91 Å². The lowest BCUT2D eigenvalue weighted by molar-refractivity contribution is -0.119. The van der Waals surface area contributed by atoms with Crippen LogP contribution in [0, 0.1) is 0 Å². The quantitative estimate of drug-likeness (QED) is 0.249. The largest absolute Gasteiger partial charge is 0.409 e. The molecule has 0 spiro atoms. The molecule has 5 N–H and O–H groups in total. The number of aromatic nitrogens is 1. The van der Waals surface area contributed by atoms with Gasteiger partial charge in [0.05, 0.1) is 0 Å². The molecular weight excluding hydrogens is 246 g/mol. The maximum absolute atomic E-state index is 11.1. The molecule has 0 saturated carbocycles. The molecule has 7 nitrogen and oxygen atoms in total. The van der Waals surface area contributed by atoms with Crippen LogP contribution >= 0.6 is 0 Å². The molecule has 1 aliphatic heterocycles. The highest BCUT2D eigenvalue weighted by Crippen LogP contribution is 2.07. The summed E-state index contributed by atoms with van der Waals surface area (Å²) in [7, 11) is 0. The second-order valence-electron chi connectivity index (χ2n) is 4.43. The molecule has 1 atom stereocenters. The fourth-order valence-corrected chi connectivity index (χ4v) is 2.07. The minimum Gasteiger partial charge on any atom is -0.409 e. The molecule has 7 heteroatoms. The molecule has 1 fully saturated rings. The van der Waals surface area contributed by atoms with Crippen molar-refractivity contribution >= 4 is 11.7 Å². The summed E-state index contributed by atoms with van der Waals surface area (Å²) < 4.78 is 0. The number of carbonyl (C=O) groups is 1. The molecule has 1 aliphatic rings. The van der Waals surface area contributed by atoms with Crippen molar-refractivity contribution in [1.29, 1.82) is 0 Å². The minimum absolute atomic E-state index is 0.00781. The molecule has 102 valence electrons. The van der Waals surface area contributed by atoms with E-state index < -0.39 is 0 Å². The number of hydrogen-bond acceptors (Lipinski definition) is 5. The van der Waals surface area contributed by atoms with Gasteiger partial charge in [0, 0.05) is 31.7 Å². The summed E-state index contributed by atoms with van der Waals surface area (Å²) in [5.74, 6) is 0.0945. The van der Waals surface area contributed by atoms with Crippen molar-refractivity contribution in [3.63, 3.8) is 0 Å². The third-order valence-electron chi connectivity index (χ3n) is 3.03. The summed E-state index contributed by atoms with van der Waals surface area (Å²) in [4.78, 5) is 15.1. The van der Waals surface area contributed by atoms with E-state index in [1.165, 1.54) is 0 Å². The predicted molar refractivity (Wildman–Crippen MR) is 69.6 cm³/mol. The summed E-state index contributed by atoms with van der Waals surface area (Å²) in [6.07, 6.45) is 3.04. The lowest BCUT2D eigenvalue weighted by Crippen LogP contribution is -2.35. The minimum atomic E-state index is -0.00781. The lowest BCUT2D eigenvalue weighted by atomic mass is 10.1. The van der Waals surface area contributed by atoms with E-state index in [9.17, 15) is 4.79 Å². The van der Waals surface area contributed by atoms with Crippen LogP contribution < -0.4 is 16.4 Å². The number of amidine groups is 1. The Bertz CT molecular complexity index is 489. The number of oxime groups is 1. The van der Waals surface area contributed by atoms with Gasteiger partial charge in [0.15, 0.2) is 5.84 Å². The Morgan fingerprint density at radius 3 is 3.21 bits per heavy atom. The van der Waals surface area contributed by atoms with Gasteiger partial charge in [-0.05, 0) is 18.1 Å². The lowest BCUT2D eigenvalue weighted by Gasteiger charge is -2.12. The molecule has 1 amide bonds. The van der Waals surface area contributed by atoms with Gasteiger partial charge in [0.1, 0.15) is 5.69 Å². The standard InChI is InChI=1S/C12H17N5O2/c13-12(17-19)11-8(2-1-5-15-11)6-14-7-9-3-4-10(18)16-9/h1-2,5,9,14,19H,3-4,6-7H2,(H2,13,17)(H,16,18). The highest BCUT2D eigenvalue weighted by molar-refractivity contribution is 5.96. The van der Waals surface area contributed by atoms with Gasteiger partial charge in [0.25, 0.3) is 0 Å². The first-order chi connectivity index (χ1) is 9.20. The third kappa shape index (κ3) is 3.41. The summed E-state index contributed by atoms with van der Waals surface area (Å²) >= 11 is 0. The van der Waals surface area contributed by atoms with Crippen LogP contribution in [-0.2, 0) is 11.3 Å². The number of hydrogen-bond donors (Lipinski definition) is 4. The topological polar surface area (TPSA) is 113 Å². The molecule has 1 aromatic heterocycles. The summed E-state index contributed by atoms with van der Waals surface area (Å²) in [5.41, 5.74) is 6.87. The SMILES string of the molecule is NC(=NO)c1ncccc1CNCC1CCC(=O)N1. The van der Waals surface area contributed by atoms with Crippen LogP contribution in [0.2, 0.25) is 0 Å². The van der Waals surface area contributed by atoms with Gasteiger partial charge in [-0.15, -0.1) is 0 Å². The number of rotatable bonds is 5. The smallest absolute Gasteiger partial charge is 0.220 e. The van der Waals surface area contributed by atoms with E-state index in [4.69, 9.17) is 10.9 Å². The number of amides is 1. The monoisotopic (exact) mass is 263 g/mol. The van der Waals surface area contributed by atoms with E-state index in [2.05, 4.69) is 20.8 Å². The molecule has 0 radical (unpaired) electrons. The second-order valence-corrected chi connectivity index (χ2v) is 4.43. The van der Waals surface area contributed by atoms with Gasteiger partial charge in [-0.1, -0.05) is 11.2 Å². The Balaban J connectivity index is 1.91. The Morgan fingerprint density at radius 1 is 1.68 bits per heavy atom. The van der Waals surface area contributed by atoms with Crippen LogP contribution in [0.1, 0.15) is 24.1 Å². The maximum Gasteiger partial charge on any atom is 0.220 e. The Labute approximate surface area is 110 Å². The molecule has 0 aromatic carbocycles. The first kappa shape index (κ1) is 13.3. The third-order valence-corrected chi connectivity index (χ3v) is 3.03. The molecular formula is C12H17N5O2. The zero-order chi connectivity index (χ0) is 13.7. The summed E-state index contributed by atoms with van der Waals surface area (Å²) in [6, 6.07) is 3.83. The molecule has 0 aliphatic carbocycles. The van der Waals surface area contributed by atoms with E-state index in [0.717, 1.165) is 12.0 Å². The van der Waals surface area contributed by atoms with Gasteiger partial charge in [-0.25, -0.2) is 0 Å². The molecule has 1 aromatic rings. The number of nitrogens with two attached hydrogens (primary N) is 1. The van der Waals surface area contributed by atoms with E-state index >= 15 is 0 Å². The van der Waals surface area contributed by atoms with Crippen molar-refractivity contribution in [2.75, 3.05) is 6.54 Å². The molecule has 2 rings (SSSR count). The highest BCUT2D eigenvalue weighted by Gasteiger charge is 2.20. The summed E-state index contributed by atoms with van der Waals surface area (Å²) in [6.45, 7) is 1.24. The van der Waals surface area contributed by atoms with Gasteiger partial charge in [-0.3, -0.25) is 9.78 Å². The number of carbonyl (C=O) groups excluding carboxylic acids is 1. The van der Waals surface area contributed by atoms with Crippen LogP contribution in [0.15, 0.2) is 23.5 Å². The Kier molecular flexibility index (Phi) is 4.30. The van der Waals surface area contributed by atoms with Crippen LogP contribution in [0.25, 0.3) is 0 Å². The molecule has 1 saturated heterocycles. The zero-order valence-corrected chi connectivity index (χ0v) is 10.5. The second kappa shape index (κ2) is 6.14. The average molecular weight is 263 g/mol. The van der Waals surface area contributed by atoms with Crippen molar-refractivity contribution in [3.05, 3.63) is 29.6 Å². The van der Waals surface area contributed by atoms with Gasteiger partial charge < -0.3 is 21.6 Å². The van der Waals surface area contributed by atoms with E-state index in [0.29, 0.717) is 25.2 Å². The first-order valence-corrected chi connectivity index (χ1v) is 6.12. The fraction of sp³-hybridized carbons (Fsp3) is 0.417. The van der Waals surface area contributed by atoms with Crippen LogP contribution in [0.3, 0.4) is 0 Å². The van der Waals surface area contributed by atoms with Crippen LogP contribution in [0.5, 0.6) is 0 Å². The fourth-order valence-electron chi connectivity index (χ4n) is 2.07. The van der Waals surface area contributed by atoms with Crippen molar-refractivity contribution in [2.24, 2.45) is 10.9 Å². The van der Waals surface area contributed by atoms with E-state index in [1.54, 1.807) is 12.3 Å². The first-order valence-electron chi connectivity index (χ1n) is 6.12. The number of pyridine rings is 1.